The van der Waals surface area contributed by atoms with Crippen molar-refractivity contribution >= 4 is 11.4 Å². The molecule has 0 spiro atoms. The summed E-state index contributed by atoms with van der Waals surface area (Å²) in [5, 5.41) is 13.6. The van der Waals surface area contributed by atoms with Crippen LogP contribution < -0.4 is 5.32 Å². The molecule has 0 aliphatic rings. The highest BCUT2D eigenvalue weighted by Gasteiger charge is 2.12. The quantitative estimate of drug-likeness (QED) is 0.420. The molecule has 106 valence electrons. The predicted octanol–water partition coefficient (Wildman–Crippen LogP) is 3.73. The van der Waals surface area contributed by atoms with Crippen LogP contribution in [0.5, 0.6) is 0 Å². The molecule has 0 aliphatic carbocycles. The van der Waals surface area contributed by atoms with Gasteiger partial charge in [-0.2, -0.15) is 0 Å². The first-order valence-electron chi connectivity index (χ1n) is 6.71. The van der Waals surface area contributed by atoms with E-state index in [4.69, 9.17) is 4.74 Å². The molecule has 0 atom stereocenters. The van der Waals surface area contributed by atoms with E-state index >= 15 is 0 Å². The average Bonchev–Trinajstić information content (AvgIpc) is 2.42. The van der Waals surface area contributed by atoms with Gasteiger partial charge in [0, 0.05) is 19.7 Å². The number of anilines is 1. The van der Waals surface area contributed by atoms with Crippen molar-refractivity contribution in [1.82, 2.24) is 0 Å². The molecular formula is C14H22N2O3. The van der Waals surface area contributed by atoms with Gasteiger partial charge in [-0.1, -0.05) is 26.2 Å². The van der Waals surface area contributed by atoms with Crippen LogP contribution in [0.3, 0.4) is 0 Å². The van der Waals surface area contributed by atoms with Crippen molar-refractivity contribution in [3.8, 4) is 0 Å². The Labute approximate surface area is 114 Å². The van der Waals surface area contributed by atoms with Crippen LogP contribution in [0.2, 0.25) is 0 Å². The number of unbranched alkanes of at least 4 members (excludes halogenated alkanes) is 3. The minimum atomic E-state index is -0.388. The Hall–Kier alpha value is -1.62. The molecule has 0 heterocycles. The third-order valence-corrected chi connectivity index (χ3v) is 2.94. The molecule has 5 nitrogen and oxygen atoms in total. The summed E-state index contributed by atoms with van der Waals surface area (Å²) in [5.74, 6) is 0. The van der Waals surface area contributed by atoms with Crippen molar-refractivity contribution in [2.24, 2.45) is 0 Å². The van der Waals surface area contributed by atoms with E-state index < -0.39 is 0 Å². The van der Waals surface area contributed by atoms with E-state index in [9.17, 15) is 10.1 Å². The maximum atomic E-state index is 10.8. The molecule has 0 fully saturated rings. The van der Waals surface area contributed by atoms with Gasteiger partial charge in [0.1, 0.15) is 5.69 Å². The number of nitro groups is 1. The molecule has 0 unspecified atom stereocenters. The van der Waals surface area contributed by atoms with Crippen LogP contribution in [0, 0.1) is 10.1 Å². The lowest BCUT2D eigenvalue weighted by atomic mass is 10.2. The lowest BCUT2D eigenvalue weighted by Gasteiger charge is -2.07. The predicted molar refractivity (Wildman–Crippen MR) is 76.4 cm³/mol. The minimum Gasteiger partial charge on any atom is -0.383 e. The molecule has 0 amide bonds. The second-order valence-electron chi connectivity index (χ2n) is 4.47. The number of hydrogen-bond acceptors (Lipinski definition) is 4. The topological polar surface area (TPSA) is 64.4 Å². The number of nitrogens with one attached hydrogen (secondary N) is 1. The van der Waals surface area contributed by atoms with Gasteiger partial charge in [-0.25, -0.2) is 0 Å². The zero-order valence-corrected chi connectivity index (χ0v) is 11.6. The van der Waals surface area contributed by atoms with E-state index in [1.165, 1.54) is 25.3 Å². The van der Waals surface area contributed by atoms with Crippen LogP contribution in [0.25, 0.3) is 0 Å². The van der Waals surface area contributed by atoms with E-state index in [1.807, 2.05) is 0 Å². The molecule has 1 aromatic carbocycles. The van der Waals surface area contributed by atoms with E-state index in [0.29, 0.717) is 12.3 Å². The second kappa shape index (κ2) is 8.48. The highest BCUT2D eigenvalue weighted by Crippen LogP contribution is 2.25. The van der Waals surface area contributed by atoms with Gasteiger partial charge in [-0.05, 0) is 24.1 Å². The molecule has 5 heteroatoms. The molecule has 1 N–H and O–H groups in total. The van der Waals surface area contributed by atoms with Crippen molar-refractivity contribution in [1.29, 1.82) is 0 Å². The van der Waals surface area contributed by atoms with Gasteiger partial charge < -0.3 is 10.1 Å². The molecule has 1 rings (SSSR count). The average molecular weight is 266 g/mol. The van der Waals surface area contributed by atoms with Crippen LogP contribution in [0.4, 0.5) is 11.4 Å². The Bertz CT molecular complexity index is 408. The smallest absolute Gasteiger partial charge is 0.292 e. The lowest BCUT2D eigenvalue weighted by Crippen LogP contribution is -2.00. The van der Waals surface area contributed by atoms with Crippen LogP contribution >= 0.6 is 0 Å². The highest BCUT2D eigenvalue weighted by atomic mass is 16.6. The number of nitro benzene ring substituents is 1. The third-order valence-electron chi connectivity index (χ3n) is 2.94. The molecule has 0 bridgehead atoms. The maximum absolute atomic E-state index is 10.8. The summed E-state index contributed by atoms with van der Waals surface area (Å²) in [6.45, 7) is 3.42. The van der Waals surface area contributed by atoms with E-state index in [2.05, 4.69) is 12.2 Å². The van der Waals surface area contributed by atoms with E-state index in [0.717, 1.165) is 18.6 Å². The van der Waals surface area contributed by atoms with E-state index in [1.54, 1.807) is 19.2 Å². The zero-order chi connectivity index (χ0) is 14.1. The Morgan fingerprint density at radius 3 is 2.74 bits per heavy atom. The molecule has 19 heavy (non-hydrogen) atoms. The van der Waals surface area contributed by atoms with Gasteiger partial charge in [0.2, 0.25) is 0 Å². The number of rotatable bonds is 9. The molecule has 0 aliphatic heterocycles. The summed E-state index contributed by atoms with van der Waals surface area (Å²) in [6, 6.07) is 5.02. The highest BCUT2D eigenvalue weighted by molar-refractivity contribution is 5.62. The fourth-order valence-corrected chi connectivity index (χ4v) is 1.85. The van der Waals surface area contributed by atoms with Gasteiger partial charge in [0.25, 0.3) is 5.69 Å². The van der Waals surface area contributed by atoms with Crippen molar-refractivity contribution in [2.45, 2.75) is 39.2 Å². The van der Waals surface area contributed by atoms with Crippen molar-refractivity contribution < 1.29 is 9.66 Å². The Balaban J connectivity index is 2.44. The molecule has 1 aromatic rings. The summed E-state index contributed by atoms with van der Waals surface area (Å²) >= 11 is 0. The van der Waals surface area contributed by atoms with Crippen LogP contribution in [0.1, 0.15) is 38.2 Å². The Morgan fingerprint density at radius 2 is 2.11 bits per heavy atom. The number of nitrogens with zero attached hydrogens (tertiary/aromatic N) is 1. The Kier molecular flexibility index (Phi) is 6.89. The second-order valence-corrected chi connectivity index (χ2v) is 4.47. The van der Waals surface area contributed by atoms with Crippen LogP contribution in [-0.2, 0) is 11.3 Å². The minimum absolute atomic E-state index is 0.0918. The number of ether oxygens (including phenoxy) is 1. The molecule has 0 aromatic heterocycles. The standard InChI is InChI=1S/C14H22N2O3/c1-3-4-5-6-9-19-11-12-7-8-14(16(17)18)13(10-12)15-2/h7-8,10,15H,3-6,9,11H2,1-2H3. The summed E-state index contributed by atoms with van der Waals surface area (Å²) < 4.78 is 5.57. The molecule has 0 saturated carbocycles. The fourth-order valence-electron chi connectivity index (χ4n) is 1.85. The van der Waals surface area contributed by atoms with Crippen LogP contribution in [-0.4, -0.2) is 18.6 Å². The van der Waals surface area contributed by atoms with Crippen LogP contribution in [0.15, 0.2) is 18.2 Å². The molecule has 0 saturated heterocycles. The van der Waals surface area contributed by atoms with Gasteiger partial charge in [0.15, 0.2) is 0 Å². The SMILES string of the molecule is CCCCCCOCc1ccc([N+](=O)[O-])c(NC)c1. The molecular weight excluding hydrogens is 244 g/mol. The normalized spacial score (nSPS) is 10.4. The van der Waals surface area contributed by atoms with Gasteiger partial charge in [-0.3, -0.25) is 10.1 Å². The largest absolute Gasteiger partial charge is 0.383 e. The van der Waals surface area contributed by atoms with Crippen molar-refractivity contribution in [3.05, 3.63) is 33.9 Å². The zero-order valence-electron chi connectivity index (χ0n) is 11.6. The summed E-state index contributed by atoms with van der Waals surface area (Å²) in [4.78, 5) is 10.4. The summed E-state index contributed by atoms with van der Waals surface area (Å²) in [6.07, 6.45) is 4.72. The lowest BCUT2D eigenvalue weighted by molar-refractivity contribution is -0.384. The Morgan fingerprint density at radius 1 is 1.32 bits per heavy atom. The first-order valence-corrected chi connectivity index (χ1v) is 6.71. The monoisotopic (exact) mass is 266 g/mol. The molecule has 0 radical (unpaired) electrons. The first kappa shape index (κ1) is 15.4. The van der Waals surface area contributed by atoms with Gasteiger partial charge >= 0.3 is 0 Å². The van der Waals surface area contributed by atoms with Gasteiger partial charge in [-0.15, -0.1) is 0 Å². The summed E-state index contributed by atoms with van der Waals surface area (Å²) in [5.41, 5.74) is 1.57. The maximum Gasteiger partial charge on any atom is 0.292 e. The summed E-state index contributed by atoms with van der Waals surface area (Å²) in [7, 11) is 1.68. The first-order chi connectivity index (χ1) is 9.19. The fraction of sp³-hybridized carbons (Fsp3) is 0.571. The van der Waals surface area contributed by atoms with Gasteiger partial charge in [0.05, 0.1) is 11.5 Å². The number of benzene rings is 1. The number of hydrogen-bond donors (Lipinski definition) is 1. The van der Waals surface area contributed by atoms with Crippen molar-refractivity contribution in [3.63, 3.8) is 0 Å². The third kappa shape index (κ3) is 5.26. The van der Waals surface area contributed by atoms with Crippen molar-refractivity contribution in [2.75, 3.05) is 19.0 Å². The van der Waals surface area contributed by atoms with E-state index in [-0.39, 0.29) is 10.6 Å².